The molecular weight excluding hydrogens is 188 g/mol. The molecule has 80 valence electrons. The van der Waals surface area contributed by atoms with Crippen molar-refractivity contribution in [3.63, 3.8) is 0 Å². The molecule has 0 radical (unpaired) electrons. The molecule has 0 spiro atoms. The summed E-state index contributed by atoms with van der Waals surface area (Å²) in [7, 11) is 0. The fourth-order valence-electron chi connectivity index (χ4n) is 1.70. The Balaban J connectivity index is 2.80. The van der Waals surface area contributed by atoms with Gasteiger partial charge in [0.2, 0.25) is 0 Å². The third kappa shape index (κ3) is 1.56. The lowest BCUT2D eigenvalue weighted by Gasteiger charge is -2.18. The minimum atomic E-state index is 0.0552. The lowest BCUT2D eigenvalue weighted by Crippen LogP contribution is -2.16. The summed E-state index contributed by atoms with van der Waals surface area (Å²) >= 11 is 0. The molecule has 2 N–H and O–H groups in total. The van der Waals surface area contributed by atoms with Crippen LogP contribution in [0.15, 0.2) is 12.1 Å². The summed E-state index contributed by atoms with van der Waals surface area (Å²) in [5.74, 6) is 1.24. The van der Waals surface area contributed by atoms with Crippen LogP contribution < -0.4 is 5.73 Å². The fourth-order valence-corrected chi connectivity index (χ4v) is 1.70. The molecule has 0 atom stereocenters. The number of anilines is 1. The largest absolute Gasteiger partial charge is 0.382 e. The van der Waals surface area contributed by atoms with Gasteiger partial charge in [0.1, 0.15) is 11.3 Å². The van der Waals surface area contributed by atoms with E-state index in [0.29, 0.717) is 11.6 Å². The smallest absolute Gasteiger partial charge is 0.151 e. The first-order valence-electron chi connectivity index (χ1n) is 5.02. The number of aromatic nitrogens is 3. The second kappa shape index (κ2) is 2.95. The average molecular weight is 204 g/mol. The zero-order chi connectivity index (χ0) is 11.2. The highest BCUT2D eigenvalue weighted by Gasteiger charge is 2.19. The minimum absolute atomic E-state index is 0.0552. The van der Waals surface area contributed by atoms with Crippen LogP contribution in [0.1, 0.15) is 32.3 Å². The first-order valence-corrected chi connectivity index (χ1v) is 5.02. The number of nitrogens with two attached hydrogens (primary N) is 1. The van der Waals surface area contributed by atoms with E-state index in [4.69, 9.17) is 5.73 Å². The predicted molar refractivity (Wildman–Crippen MR) is 60.8 cm³/mol. The highest BCUT2D eigenvalue weighted by molar-refractivity contribution is 5.66. The number of hydrogen-bond acceptors (Lipinski definition) is 3. The molecular formula is C11H16N4. The van der Waals surface area contributed by atoms with E-state index in [0.717, 1.165) is 11.2 Å². The van der Waals surface area contributed by atoms with Crippen LogP contribution in [0.3, 0.4) is 0 Å². The van der Waals surface area contributed by atoms with Crippen LogP contribution in [0, 0.1) is 6.92 Å². The van der Waals surface area contributed by atoms with Gasteiger partial charge in [-0.3, -0.25) is 0 Å². The molecule has 0 aliphatic carbocycles. The number of rotatable bonds is 0. The van der Waals surface area contributed by atoms with Crippen LogP contribution in [0.2, 0.25) is 0 Å². The average Bonchev–Trinajstić information content (AvgIpc) is 2.45. The lowest BCUT2D eigenvalue weighted by molar-refractivity contribution is 0.548. The molecule has 2 aromatic heterocycles. The predicted octanol–water partition coefficient (Wildman–Crippen LogP) is 1.92. The van der Waals surface area contributed by atoms with E-state index in [1.807, 2.05) is 17.5 Å². The maximum absolute atomic E-state index is 5.84. The molecule has 0 amide bonds. The van der Waals surface area contributed by atoms with E-state index >= 15 is 0 Å². The van der Waals surface area contributed by atoms with E-state index in [2.05, 4.69) is 36.9 Å². The normalized spacial score (nSPS) is 12.3. The van der Waals surface area contributed by atoms with Crippen molar-refractivity contribution >= 4 is 11.3 Å². The van der Waals surface area contributed by atoms with Crippen molar-refractivity contribution in [2.75, 3.05) is 5.73 Å². The second-order valence-corrected chi connectivity index (χ2v) is 4.81. The first kappa shape index (κ1) is 9.96. The van der Waals surface area contributed by atoms with Crippen LogP contribution in [-0.4, -0.2) is 14.6 Å². The molecule has 0 aromatic carbocycles. The fraction of sp³-hybridized carbons (Fsp3) is 0.455. The Labute approximate surface area is 89.1 Å². The number of nitrogens with zero attached hydrogens (tertiary/aromatic N) is 3. The molecule has 0 fully saturated rings. The van der Waals surface area contributed by atoms with Gasteiger partial charge in [0, 0.05) is 11.1 Å². The molecule has 0 aliphatic rings. The Morgan fingerprint density at radius 2 is 1.93 bits per heavy atom. The van der Waals surface area contributed by atoms with Crippen molar-refractivity contribution in [1.29, 1.82) is 0 Å². The van der Waals surface area contributed by atoms with Crippen molar-refractivity contribution < 1.29 is 0 Å². The molecule has 0 aliphatic heterocycles. The van der Waals surface area contributed by atoms with Crippen molar-refractivity contribution in [3.8, 4) is 0 Å². The van der Waals surface area contributed by atoms with E-state index in [-0.39, 0.29) is 5.41 Å². The van der Waals surface area contributed by atoms with Gasteiger partial charge in [0.05, 0.1) is 0 Å². The summed E-state index contributed by atoms with van der Waals surface area (Å²) in [6, 6.07) is 4.02. The van der Waals surface area contributed by atoms with Crippen molar-refractivity contribution in [1.82, 2.24) is 14.6 Å². The van der Waals surface area contributed by atoms with Gasteiger partial charge in [-0.15, -0.1) is 0 Å². The maximum Gasteiger partial charge on any atom is 0.151 e. The number of hydrogen-bond donors (Lipinski definition) is 1. The van der Waals surface area contributed by atoms with Crippen LogP contribution in [0.5, 0.6) is 0 Å². The Morgan fingerprint density at radius 3 is 2.53 bits per heavy atom. The second-order valence-electron chi connectivity index (χ2n) is 4.81. The molecule has 2 rings (SSSR count). The summed E-state index contributed by atoms with van der Waals surface area (Å²) in [6.45, 7) is 8.31. The zero-order valence-corrected chi connectivity index (χ0v) is 9.57. The van der Waals surface area contributed by atoms with Gasteiger partial charge in [0.25, 0.3) is 0 Å². The third-order valence-corrected chi connectivity index (χ3v) is 2.41. The van der Waals surface area contributed by atoms with Crippen molar-refractivity contribution in [2.24, 2.45) is 0 Å². The molecule has 4 heteroatoms. The van der Waals surface area contributed by atoms with Gasteiger partial charge in [-0.25, -0.2) is 9.50 Å². The lowest BCUT2D eigenvalue weighted by atomic mass is 9.93. The van der Waals surface area contributed by atoms with Crippen LogP contribution >= 0.6 is 0 Å². The summed E-state index contributed by atoms with van der Waals surface area (Å²) in [6.07, 6.45) is 0. The van der Waals surface area contributed by atoms with Gasteiger partial charge in [-0.05, 0) is 19.1 Å². The van der Waals surface area contributed by atoms with Gasteiger partial charge in [-0.1, -0.05) is 20.8 Å². The third-order valence-electron chi connectivity index (χ3n) is 2.41. The van der Waals surface area contributed by atoms with E-state index in [1.165, 1.54) is 0 Å². The minimum Gasteiger partial charge on any atom is -0.382 e. The van der Waals surface area contributed by atoms with E-state index in [9.17, 15) is 0 Å². The quantitative estimate of drug-likeness (QED) is 0.713. The Bertz CT molecular complexity index is 505. The molecule has 0 saturated heterocycles. The van der Waals surface area contributed by atoms with Gasteiger partial charge in [-0.2, -0.15) is 5.10 Å². The molecule has 2 aromatic rings. The molecule has 4 nitrogen and oxygen atoms in total. The number of aryl methyl sites for hydroxylation is 1. The monoisotopic (exact) mass is 204 g/mol. The highest BCUT2D eigenvalue weighted by Crippen LogP contribution is 2.25. The van der Waals surface area contributed by atoms with E-state index < -0.39 is 0 Å². The van der Waals surface area contributed by atoms with Gasteiger partial charge >= 0.3 is 0 Å². The number of fused-ring (bicyclic) bond motifs is 1. The van der Waals surface area contributed by atoms with Gasteiger partial charge in [0.15, 0.2) is 5.82 Å². The van der Waals surface area contributed by atoms with Crippen LogP contribution in [0.4, 0.5) is 5.82 Å². The standard InChI is InChI=1S/C11H16N4/c1-7-13-10(12)8-5-6-9(11(2,3)4)15(8)14-7/h5-6H,1-4H3,(H2,12,13,14). The summed E-state index contributed by atoms with van der Waals surface area (Å²) in [5.41, 5.74) is 7.92. The maximum atomic E-state index is 5.84. The SMILES string of the molecule is Cc1nc(N)c2ccc(C(C)(C)C)n2n1. The number of nitrogen functional groups attached to an aromatic ring is 1. The first-order chi connectivity index (χ1) is 6.89. The summed E-state index contributed by atoms with van der Waals surface area (Å²) < 4.78 is 1.89. The Kier molecular flexibility index (Phi) is 1.96. The van der Waals surface area contributed by atoms with Crippen LogP contribution in [0.25, 0.3) is 5.52 Å². The molecule has 0 unspecified atom stereocenters. The Hall–Kier alpha value is -1.58. The van der Waals surface area contributed by atoms with Crippen molar-refractivity contribution in [3.05, 3.63) is 23.7 Å². The molecule has 15 heavy (non-hydrogen) atoms. The topological polar surface area (TPSA) is 56.2 Å². The molecule has 0 saturated carbocycles. The summed E-state index contributed by atoms with van der Waals surface area (Å²) in [4.78, 5) is 4.14. The molecule has 2 heterocycles. The van der Waals surface area contributed by atoms with Gasteiger partial charge < -0.3 is 5.73 Å². The highest BCUT2D eigenvalue weighted by atomic mass is 15.3. The van der Waals surface area contributed by atoms with Crippen LogP contribution in [-0.2, 0) is 5.41 Å². The molecule has 0 bridgehead atoms. The zero-order valence-electron chi connectivity index (χ0n) is 9.57. The van der Waals surface area contributed by atoms with E-state index in [1.54, 1.807) is 0 Å². The summed E-state index contributed by atoms with van der Waals surface area (Å²) in [5, 5.41) is 4.39. The van der Waals surface area contributed by atoms with Crippen molar-refractivity contribution in [2.45, 2.75) is 33.1 Å². The Morgan fingerprint density at radius 1 is 1.27 bits per heavy atom.